The van der Waals surface area contributed by atoms with Crippen LogP contribution in [0.2, 0.25) is 0 Å². The van der Waals surface area contributed by atoms with E-state index in [1.54, 1.807) is 19.1 Å². The van der Waals surface area contributed by atoms with Crippen molar-refractivity contribution in [2.45, 2.75) is 19.9 Å². The molecule has 104 valence electrons. The highest BCUT2D eigenvalue weighted by Crippen LogP contribution is 2.34. The monoisotopic (exact) mass is 273 g/mol. The van der Waals surface area contributed by atoms with E-state index in [9.17, 15) is 4.39 Å². The number of rotatable bonds is 3. The van der Waals surface area contributed by atoms with Gasteiger partial charge in [-0.15, -0.1) is 0 Å². The predicted molar refractivity (Wildman–Crippen MR) is 75.7 cm³/mol. The number of nitrogens with one attached hydrogen (secondary N) is 1. The Morgan fingerprint density at radius 1 is 1.10 bits per heavy atom. The summed E-state index contributed by atoms with van der Waals surface area (Å²) < 4.78 is 23.9. The van der Waals surface area contributed by atoms with E-state index in [-0.39, 0.29) is 18.7 Å². The lowest BCUT2D eigenvalue weighted by molar-refractivity contribution is 0.174. The van der Waals surface area contributed by atoms with E-state index >= 15 is 0 Å². The van der Waals surface area contributed by atoms with Gasteiger partial charge >= 0.3 is 0 Å². The van der Waals surface area contributed by atoms with Crippen LogP contribution in [0, 0.1) is 12.7 Å². The molecule has 1 aliphatic heterocycles. The summed E-state index contributed by atoms with van der Waals surface area (Å²) in [4.78, 5) is 0. The number of aryl methyl sites for hydroxylation is 1. The van der Waals surface area contributed by atoms with E-state index < -0.39 is 0 Å². The van der Waals surface area contributed by atoms with Crippen molar-refractivity contribution in [3.05, 3.63) is 53.3 Å². The lowest BCUT2D eigenvalue weighted by atomic mass is 10.1. The smallest absolute Gasteiger partial charge is 0.231 e. The number of anilines is 1. The molecule has 1 atom stereocenters. The third kappa shape index (κ3) is 2.41. The summed E-state index contributed by atoms with van der Waals surface area (Å²) in [5, 5.41) is 3.35. The van der Waals surface area contributed by atoms with Crippen LogP contribution >= 0.6 is 0 Å². The first-order valence-electron chi connectivity index (χ1n) is 6.56. The maximum Gasteiger partial charge on any atom is 0.231 e. The molecule has 0 aromatic heterocycles. The van der Waals surface area contributed by atoms with Gasteiger partial charge in [0.25, 0.3) is 0 Å². The minimum Gasteiger partial charge on any atom is -0.454 e. The maximum atomic E-state index is 13.3. The van der Waals surface area contributed by atoms with Gasteiger partial charge in [-0.2, -0.15) is 0 Å². The molecule has 2 aromatic rings. The summed E-state index contributed by atoms with van der Waals surface area (Å²) in [7, 11) is 0. The summed E-state index contributed by atoms with van der Waals surface area (Å²) >= 11 is 0. The largest absolute Gasteiger partial charge is 0.454 e. The van der Waals surface area contributed by atoms with Gasteiger partial charge in [0.05, 0.1) is 0 Å². The molecule has 3 rings (SSSR count). The van der Waals surface area contributed by atoms with Crippen LogP contribution in [-0.2, 0) is 0 Å². The predicted octanol–water partition coefficient (Wildman–Crippen LogP) is 4.04. The molecule has 0 saturated carbocycles. The number of benzene rings is 2. The van der Waals surface area contributed by atoms with Crippen molar-refractivity contribution >= 4 is 5.69 Å². The molecule has 20 heavy (non-hydrogen) atoms. The Labute approximate surface area is 117 Å². The van der Waals surface area contributed by atoms with Gasteiger partial charge in [0.2, 0.25) is 6.79 Å². The first-order chi connectivity index (χ1) is 9.63. The van der Waals surface area contributed by atoms with Crippen LogP contribution in [0.15, 0.2) is 36.4 Å². The van der Waals surface area contributed by atoms with Crippen molar-refractivity contribution in [2.75, 3.05) is 12.1 Å². The van der Waals surface area contributed by atoms with Gasteiger partial charge < -0.3 is 14.8 Å². The summed E-state index contributed by atoms with van der Waals surface area (Å²) in [5.74, 6) is 1.36. The Bertz CT molecular complexity index is 642. The lowest BCUT2D eigenvalue weighted by Crippen LogP contribution is -2.06. The zero-order valence-electron chi connectivity index (χ0n) is 11.4. The summed E-state index contributed by atoms with van der Waals surface area (Å²) in [5.41, 5.74) is 2.62. The van der Waals surface area contributed by atoms with Crippen LogP contribution in [0.25, 0.3) is 0 Å². The first kappa shape index (κ1) is 12.8. The second-order valence-corrected chi connectivity index (χ2v) is 4.94. The second-order valence-electron chi connectivity index (χ2n) is 4.94. The van der Waals surface area contributed by atoms with Crippen molar-refractivity contribution in [1.29, 1.82) is 0 Å². The van der Waals surface area contributed by atoms with Crippen LogP contribution in [0.4, 0.5) is 10.1 Å². The molecule has 0 spiro atoms. The minimum atomic E-state index is -0.189. The molecule has 1 N–H and O–H groups in total. The number of ether oxygens (including phenoxy) is 2. The maximum absolute atomic E-state index is 13.3. The van der Waals surface area contributed by atoms with Gasteiger partial charge in [-0.3, -0.25) is 0 Å². The number of halogens is 1. The van der Waals surface area contributed by atoms with Crippen LogP contribution in [0.3, 0.4) is 0 Å². The normalized spacial score (nSPS) is 14.2. The standard InChI is InChI=1S/C16H16FNO2/c1-10-7-13(4-5-14(10)17)18-11(2)12-3-6-15-16(8-12)20-9-19-15/h3-8,11,18H,9H2,1-2H3. The van der Waals surface area contributed by atoms with E-state index in [1.165, 1.54) is 6.07 Å². The quantitative estimate of drug-likeness (QED) is 0.915. The van der Waals surface area contributed by atoms with Crippen molar-refractivity contribution in [3.8, 4) is 11.5 Å². The zero-order valence-corrected chi connectivity index (χ0v) is 11.4. The van der Waals surface area contributed by atoms with Crippen molar-refractivity contribution in [2.24, 2.45) is 0 Å². The number of hydrogen-bond acceptors (Lipinski definition) is 3. The van der Waals surface area contributed by atoms with Crippen LogP contribution < -0.4 is 14.8 Å². The van der Waals surface area contributed by atoms with Gasteiger partial charge in [0.15, 0.2) is 11.5 Å². The van der Waals surface area contributed by atoms with E-state index in [0.717, 1.165) is 22.7 Å². The molecule has 0 fully saturated rings. The Morgan fingerprint density at radius 3 is 2.70 bits per heavy atom. The molecule has 4 heteroatoms. The van der Waals surface area contributed by atoms with Crippen LogP contribution in [-0.4, -0.2) is 6.79 Å². The Kier molecular flexibility index (Phi) is 3.22. The van der Waals surface area contributed by atoms with Gasteiger partial charge in [0, 0.05) is 11.7 Å². The highest BCUT2D eigenvalue weighted by Gasteiger charge is 2.15. The Balaban J connectivity index is 1.78. The fraction of sp³-hybridized carbons (Fsp3) is 0.250. The van der Waals surface area contributed by atoms with Gasteiger partial charge in [0.1, 0.15) is 5.82 Å². The molecule has 0 radical (unpaired) electrons. The zero-order chi connectivity index (χ0) is 14.1. The Hall–Kier alpha value is -2.23. The SMILES string of the molecule is Cc1cc(NC(C)c2ccc3c(c2)OCO3)ccc1F. The molecule has 0 saturated heterocycles. The molecule has 0 amide bonds. The van der Waals surface area contributed by atoms with Gasteiger partial charge in [-0.25, -0.2) is 4.39 Å². The summed E-state index contributed by atoms with van der Waals surface area (Å²) in [6.45, 7) is 4.08. The summed E-state index contributed by atoms with van der Waals surface area (Å²) in [6, 6.07) is 11.0. The molecule has 0 aliphatic carbocycles. The van der Waals surface area contributed by atoms with E-state index in [1.807, 2.05) is 18.2 Å². The van der Waals surface area contributed by atoms with Gasteiger partial charge in [-0.05, 0) is 55.3 Å². The third-order valence-electron chi connectivity index (χ3n) is 3.44. The topological polar surface area (TPSA) is 30.5 Å². The molecule has 1 heterocycles. The molecule has 0 bridgehead atoms. The molecule has 1 unspecified atom stereocenters. The van der Waals surface area contributed by atoms with Crippen LogP contribution in [0.1, 0.15) is 24.1 Å². The van der Waals surface area contributed by atoms with Crippen molar-refractivity contribution in [1.82, 2.24) is 0 Å². The average molecular weight is 273 g/mol. The molecule has 2 aromatic carbocycles. The van der Waals surface area contributed by atoms with E-state index in [0.29, 0.717) is 5.56 Å². The second kappa shape index (κ2) is 5.04. The fourth-order valence-corrected chi connectivity index (χ4v) is 2.25. The molecular formula is C16H16FNO2. The fourth-order valence-electron chi connectivity index (χ4n) is 2.25. The Morgan fingerprint density at radius 2 is 1.90 bits per heavy atom. The molecule has 3 nitrogen and oxygen atoms in total. The lowest BCUT2D eigenvalue weighted by Gasteiger charge is -2.16. The molecular weight excluding hydrogens is 257 g/mol. The number of fused-ring (bicyclic) bond motifs is 1. The molecule has 1 aliphatic rings. The highest BCUT2D eigenvalue weighted by atomic mass is 19.1. The van der Waals surface area contributed by atoms with Crippen molar-refractivity contribution < 1.29 is 13.9 Å². The summed E-state index contributed by atoms with van der Waals surface area (Å²) in [6.07, 6.45) is 0. The average Bonchev–Trinajstić information content (AvgIpc) is 2.90. The minimum absolute atomic E-state index is 0.0920. The third-order valence-corrected chi connectivity index (χ3v) is 3.44. The van der Waals surface area contributed by atoms with Crippen molar-refractivity contribution in [3.63, 3.8) is 0 Å². The number of hydrogen-bond donors (Lipinski definition) is 1. The van der Waals surface area contributed by atoms with E-state index in [4.69, 9.17) is 9.47 Å². The van der Waals surface area contributed by atoms with Gasteiger partial charge in [-0.1, -0.05) is 6.07 Å². The van der Waals surface area contributed by atoms with E-state index in [2.05, 4.69) is 12.2 Å². The first-order valence-corrected chi connectivity index (χ1v) is 6.56. The van der Waals surface area contributed by atoms with Crippen LogP contribution in [0.5, 0.6) is 11.5 Å². The highest BCUT2D eigenvalue weighted by molar-refractivity contribution is 5.50.